The molecule has 124 valence electrons. The van der Waals surface area contributed by atoms with Crippen LogP contribution in [0.15, 0.2) is 0 Å². The number of piperidine rings is 1. The van der Waals surface area contributed by atoms with Gasteiger partial charge in [-0.1, -0.05) is 32.6 Å². The monoisotopic (exact) mass is 316 g/mol. The molecule has 2 N–H and O–H groups in total. The Balaban J connectivity index is 0.00000220. The topological polar surface area (TPSA) is 46.3 Å². The lowest BCUT2D eigenvalue weighted by Crippen LogP contribution is -2.47. The second-order valence-corrected chi connectivity index (χ2v) is 7.04. The highest BCUT2D eigenvalue weighted by Crippen LogP contribution is 2.32. The minimum absolute atomic E-state index is 0. The maximum Gasteiger partial charge on any atom is 0.225 e. The smallest absolute Gasteiger partial charge is 0.225 e. The predicted molar refractivity (Wildman–Crippen MR) is 90.6 cm³/mol. The van der Waals surface area contributed by atoms with Crippen LogP contribution in [0.5, 0.6) is 0 Å². The minimum atomic E-state index is 0. The maximum absolute atomic E-state index is 12.8. The van der Waals surface area contributed by atoms with Crippen molar-refractivity contribution >= 4 is 18.3 Å². The Morgan fingerprint density at radius 1 is 1.24 bits per heavy atom. The van der Waals surface area contributed by atoms with E-state index in [1.165, 1.54) is 32.1 Å². The first-order chi connectivity index (χ1) is 9.61. The summed E-state index contributed by atoms with van der Waals surface area (Å²) in [5.74, 6) is 1.96. The maximum atomic E-state index is 12.8. The number of carbonyl (C=O) groups excluding carboxylic acids is 1. The van der Waals surface area contributed by atoms with Gasteiger partial charge in [0.2, 0.25) is 5.91 Å². The molecule has 4 heteroatoms. The summed E-state index contributed by atoms with van der Waals surface area (Å²) in [5, 5.41) is 0. The highest BCUT2D eigenvalue weighted by Gasteiger charge is 2.31. The van der Waals surface area contributed by atoms with E-state index in [0.29, 0.717) is 11.8 Å². The number of hydrogen-bond donors (Lipinski definition) is 1. The molecular formula is C17H33ClN2O. The van der Waals surface area contributed by atoms with Gasteiger partial charge in [-0.2, -0.15) is 0 Å². The molecule has 2 aliphatic rings. The van der Waals surface area contributed by atoms with E-state index in [1.807, 2.05) is 0 Å². The van der Waals surface area contributed by atoms with Crippen LogP contribution in [0.2, 0.25) is 0 Å². The van der Waals surface area contributed by atoms with E-state index in [0.717, 1.165) is 38.3 Å². The van der Waals surface area contributed by atoms with Crippen molar-refractivity contribution in [2.45, 2.75) is 71.3 Å². The summed E-state index contributed by atoms with van der Waals surface area (Å²) in [7, 11) is 0. The number of carbonyl (C=O) groups is 1. The van der Waals surface area contributed by atoms with E-state index in [-0.39, 0.29) is 24.4 Å². The van der Waals surface area contributed by atoms with Crippen molar-refractivity contribution in [1.82, 2.24) is 4.90 Å². The van der Waals surface area contributed by atoms with Crippen LogP contribution >= 0.6 is 12.4 Å². The third kappa shape index (κ3) is 5.14. The number of likely N-dealkylation sites (tertiary alicyclic amines) is 1. The van der Waals surface area contributed by atoms with Gasteiger partial charge in [0, 0.05) is 25.0 Å². The van der Waals surface area contributed by atoms with Crippen molar-refractivity contribution in [3.8, 4) is 0 Å². The van der Waals surface area contributed by atoms with Crippen LogP contribution in [0, 0.1) is 17.8 Å². The first-order valence-electron chi connectivity index (χ1n) is 8.66. The molecule has 3 unspecified atom stereocenters. The second-order valence-electron chi connectivity index (χ2n) is 7.04. The molecule has 1 saturated carbocycles. The number of hydrogen-bond acceptors (Lipinski definition) is 2. The Labute approximate surface area is 136 Å². The van der Waals surface area contributed by atoms with E-state index in [2.05, 4.69) is 18.7 Å². The molecular weight excluding hydrogens is 284 g/mol. The van der Waals surface area contributed by atoms with Gasteiger partial charge in [0.25, 0.3) is 0 Å². The van der Waals surface area contributed by atoms with Gasteiger partial charge < -0.3 is 10.6 Å². The fourth-order valence-electron chi connectivity index (χ4n) is 3.99. The molecule has 2 rings (SSSR count). The highest BCUT2D eigenvalue weighted by molar-refractivity contribution is 5.85. The van der Waals surface area contributed by atoms with Crippen LogP contribution in [0.25, 0.3) is 0 Å². The van der Waals surface area contributed by atoms with Crippen molar-refractivity contribution in [1.29, 1.82) is 0 Å². The molecule has 3 atom stereocenters. The zero-order valence-corrected chi connectivity index (χ0v) is 14.5. The summed E-state index contributed by atoms with van der Waals surface area (Å²) in [4.78, 5) is 14.9. The lowest BCUT2D eigenvalue weighted by molar-refractivity contribution is -0.138. The van der Waals surface area contributed by atoms with E-state index < -0.39 is 0 Å². The molecule has 2 fully saturated rings. The van der Waals surface area contributed by atoms with Crippen LogP contribution in [-0.4, -0.2) is 29.9 Å². The summed E-state index contributed by atoms with van der Waals surface area (Å²) < 4.78 is 0. The van der Waals surface area contributed by atoms with Crippen molar-refractivity contribution in [3.05, 3.63) is 0 Å². The summed E-state index contributed by atoms with van der Waals surface area (Å²) in [6, 6.07) is 0.209. The molecule has 1 aliphatic heterocycles. The van der Waals surface area contributed by atoms with E-state index in [4.69, 9.17) is 5.73 Å². The lowest BCUT2D eigenvalue weighted by Gasteiger charge is -2.36. The zero-order valence-electron chi connectivity index (χ0n) is 13.7. The quantitative estimate of drug-likeness (QED) is 0.842. The van der Waals surface area contributed by atoms with Crippen molar-refractivity contribution in [3.63, 3.8) is 0 Å². The largest absolute Gasteiger partial charge is 0.342 e. The Hall–Kier alpha value is -0.280. The van der Waals surface area contributed by atoms with Crippen LogP contribution in [-0.2, 0) is 4.79 Å². The van der Waals surface area contributed by atoms with Crippen molar-refractivity contribution in [2.75, 3.05) is 13.1 Å². The Morgan fingerprint density at radius 2 is 1.90 bits per heavy atom. The number of nitrogens with two attached hydrogens (primary N) is 1. The summed E-state index contributed by atoms with van der Waals surface area (Å²) in [6.45, 7) is 6.08. The number of amides is 1. The van der Waals surface area contributed by atoms with Crippen LogP contribution in [0.3, 0.4) is 0 Å². The normalized spacial score (nSPS) is 26.2. The van der Waals surface area contributed by atoms with Gasteiger partial charge in [-0.05, 0) is 44.4 Å². The predicted octanol–water partition coefficient (Wildman–Crippen LogP) is 3.60. The number of rotatable bonds is 5. The SMILES string of the molecule is CCC(CC1CCCC1)C(=O)N1CCCC(C(C)N)C1.Cl. The van der Waals surface area contributed by atoms with Gasteiger partial charge in [0.05, 0.1) is 0 Å². The van der Waals surface area contributed by atoms with Gasteiger partial charge in [-0.15, -0.1) is 12.4 Å². The molecule has 1 aliphatic carbocycles. The fourth-order valence-corrected chi connectivity index (χ4v) is 3.99. The standard InChI is InChI=1S/C17H32N2O.ClH/c1-3-15(11-14-7-4-5-8-14)17(20)19-10-6-9-16(12-19)13(2)18;/h13-16H,3-12,18H2,1-2H3;1H. The Kier molecular flexibility index (Phi) is 8.04. The molecule has 0 aromatic heterocycles. The van der Waals surface area contributed by atoms with Gasteiger partial charge in [0.1, 0.15) is 0 Å². The third-order valence-electron chi connectivity index (χ3n) is 5.45. The first kappa shape index (κ1) is 18.8. The van der Waals surface area contributed by atoms with Crippen LogP contribution in [0.4, 0.5) is 0 Å². The fraction of sp³-hybridized carbons (Fsp3) is 0.941. The average molecular weight is 317 g/mol. The molecule has 1 amide bonds. The molecule has 1 saturated heterocycles. The molecule has 21 heavy (non-hydrogen) atoms. The molecule has 0 aromatic carbocycles. The summed E-state index contributed by atoms with van der Waals surface area (Å²) in [6.07, 6.45) is 9.83. The summed E-state index contributed by atoms with van der Waals surface area (Å²) in [5.41, 5.74) is 6.03. The van der Waals surface area contributed by atoms with Crippen molar-refractivity contribution < 1.29 is 4.79 Å². The number of nitrogens with zero attached hydrogens (tertiary/aromatic N) is 1. The van der Waals surface area contributed by atoms with Gasteiger partial charge >= 0.3 is 0 Å². The molecule has 0 spiro atoms. The first-order valence-corrected chi connectivity index (χ1v) is 8.66. The van der Waals surface area contributed by atoms with Crippen molar-refractivity contribution in [2.24, 2.45) is 23.5 Å². The van der Waals surface area contributed by atoms with Crippen LogP contribution < -0.4 is 5.73 Å². The Bertz CT molecular complexity index is 310. The van der Waals surface area contributed by atoms with E-state index >= 15 is 0 Å². The third-order valence-corrected chi connectivity index (χ3v) is 5.45. The summed E-state index contributed by atoms with van der Waals surface area (Å²) >= 11 is 0. The van der Waals surface area contributed by atoms with Gasteiger partial charge in [0.15, 0.2) is 0 Å². The average Bonchev–Trinajstić information content (AvgIpc) is 2.97. The zero-order chi connectivity index (χ0) is 14.5. The van der Waals surface area contributed by atoms with Gasteiger partial charge in [-0.3, -0.25) is 4.79 Å². The van der Waals surface area contributed by atoms with Crippen LogP contribution in [0.1, 0.15) is 65.2 Å². The highest BCUT2D eigenvalue weighted by atomic mass is 35.5. The molecule has 0 radical (unpaired) electrons. The second kappa shape index (κ2) is 8.99. The molecule has 3 nitrogen and oxygen atoms in total. The molecule has 0 aromatic rings. The molecule has 0 bridgehead atoms. The minimum Gasteiger partial charge on any atom is -0.342 e. The van der Waals surface area contributed by atoms with Gasteiger partial charge in [-0.25, -0.2) is 0 Å². The lowest BCUT2D eigenvalue weighted by atomic mass is 9.88. The molecule has 1 heterocycles. The van der Waals surface area contributed by atoms with E-state index in [9.17, 15) is 4.79 Å². The Morgan fingerprint density at radius 3 is 2.48 bits per heavy atom. The van der Waals surface area contributed by atoms with E-state index in [1.54, 1.807) is 0 Å². The number of halogens is 1.